The Morgan fingerprint density at radius 3 is 2.26 bits per heavy atom. The first kappa shape index (κ1) is 33.6. The summed E-state index contributed by atoms with van der Waals surface area (Å²) in [4.78, 5) is 16.9. The summed E-state index contributed by atoms with van der Waals surface area (Å²) in [7, 11) is 0. The molecule has 1 amide bonds. The second-order valence-corrected chi connectivity index (χ2v) is 12.8. The zero-order valence-corrected chi connectivity index (χ0v) is 27.0. The monoisotopic (exact) mass is 657 g/mol. The highest BCUT2D eigenvalue weighted by atomic mass is 35.5. The maximum absolute atomic E-state index is 12.7. The van der Waals surface area contributed by atoms with Crippen LogP contribution < -0.4 is 10.1 Å². The van der Waals surface area contributed by atoms with E-state index >= 15 is 0 Å². The summed E-state index contributed by atoms with van der Waals surface area (Å²) < 4.78 is 49.5. The molecule has 0 unspecified atom stereocenters. The van der Waals surface area contributed by atoms with E-state index in [1.165, 1.54) is 12.1 Å². The Bertz CT molecular complexity index is 1630. The van der Waals surface area contributed by atoms with E-state index in [2.05, 4.69) is 38.1 Å². The number of rotatable bonds is 10. The van der Waals surface area contributed by atoms with Crippen LogP contribution in [0.25, 0.3) is 22.2 Å². The fourth-order valence-electron chi connectivity index (χ4n) is 5.49. The molecule has 0 bridgehead atoms. The molecule has 4 aromatic rings. The number of amides is 1. The summed E-state index contributed by atoms with van der Waals surface area (Å²) in [5.74, 6) is -0.289. The van der Waals surface area contributed by atoms with Gasteiger partial charge in [0.1, 0.15) is 17.0 Å². The van der Waals surface area contributed by atoms with Gasteiger partial charge < -0.3 is 14.8 Å². The van der Waals surface area contributed by atoms with Gasteiger partial charge in [-0.05, 0) is 80.8 Å². The third-order valence-corrected chi connectivity index (χ3v) is 7.98. The van der Waals surface area contributed by atoms with Crippen molar-refractivity contribution >= 4 is 28.6 Å². The molecule has 0 radical (unpaired) electrons. The number of ether oxygens (including phenoxy) is 2. The number of aromatic nitrogens is 2. The Kier molecular flexibility index (Phi) is 10.4. The molecule has 1 aliphatic heterocycles. The van der Waals surface area contributed by atoms with Crippen LogP contribution in [0, 0.1) is 0 Å². The largest absolute Gasteiger partial charge is 0.573 e. The van der Waals surface area contributed by atoms with Gasteiger partial charge in [-0.3, -0.25) is 14.5 Å². The molecule has 246 valence electrons. The van der Waals surface area contributed by atoms with E-state index in [-0.39, 0.29) is 5.75 Å². The Morgan fingerprint density at radius 1 is 0.935 bits per heavy atom. The molecule has 1 N–H and O–H groups in total. The Labute approximate surface area is 272 Å². The number of piperazine rings is 1. The van der Waals surface area contributed by atoms with Gasteiger partial charge in [0.15, 0.2) is 0 Å². The number of aryl methyl sites for hydroxylation is 1. The maximum Gasteiger partial charge on any atom is 0.573 e. The average Bonchev–Trinajstić information content (AvgIpc) is 3.34. The molecule has 0 aliphatic carbocycles. The number of alkyl carbamates (subject to hydrolysis) is 1. The van der Waals surface area contributed by atoms with Gasteiger partial charge in [-0.2, -0.15) is 5.10 Å². The molecular formula is C34H39ClF3N5O3. The van der Waals surface area contributed by atoms with Gasteiger partial charge in [0.25, 0.3) is 0 Å². The standard InChI is InChI=1S/C34H39ClF3N5O3/c1-33(2,3)46-32(44)39-15-6-16-43-30-14-9-24(22-41-17-19-42(20-18-41)23-26-7-4-5-8-29(26)35)21-28(30)31(40-43)25-10-12-27(13-11-25)45-34(36,37)38/h4-5,7-14,21H,6,15-20,22-23H2,1-3H3,(H,39,44). The van der Waals surface area contributed by atoms with Crippen molar-refractivity contribution in [2.24, 2.45) is 0 Å². The van der Waals surface area contributed by atoms with E-state index in [0.717, 1.165) is 66.3 Å². The molecular weight excluding hydrogens is 619 g/mol. The molecule has 1 fully saturated rings. The molecule has 2 heterocycles. The molecule has 0 saturated carbocycles. The minimum absolute atomic E-state index is 0.289. The molecule has 0 atom stereocenters. The molecule has 0 spiro atoms. The van der Waals surface area contributed by atoms with Crippen molar-refractivity contribution in [2.45, 2.75) is 58.8 Å². The third-order valence-electron chi connectivity index (χ3n) is 7.61. The number of nitrogens with zero attached hydrogens (tertiary/aromatic N) is 4. The van der Waals surface area contributed by atoms with Crippen molar-refractivity contribution in [3.05, 3.63) is 82.9 Å². The summed E-state index contributed by atoms with van der Waals surface area (Å²) in [6.07, 6.45) is -4.64. The van der Waals surface area contributed by atoms with Gasteiger partial charge >= 0.3 is 12.5 Å². The number of fused-ring (bicyclic) bond motifs is 1. The summed E-state index contributed by atoms with van der Waals surface area (Å²) >= 11 is 6.37. The SMILES string of the molecule is CC(C)(C)OC(=O)NCCCn1nc(-c2ccc(OC(F)(F)F)cc2)c2cc(CN3CCN(Cc4ccccc4Cl)CC3)ccc21. The van der Waals surface area contributed by atoms with Crippen molar-refractivity contribution in [1.82, 2.24) is 24.9 Å². The number of hydrogen-bond donors (Lipinski definition) is 1. The highest BCUT2D eigenvalue weighted by Crippen LogP contribution is 2.32. The topological polar surface area (TPSA) is 71.9 Å². The van der Waals surface area contributed by atoms with Gasteiger partial charge in [0.2, 0.25) is 0 Å². The van der Waals surface area contributed by atoms with Gasteiger partial charge in [-0.15, -0.1) is 13.2 Å². The summed E-state index contributed by atoms with van der Waals surface area (Å²) in [5.41, 5.74) is 3.91. The van der Waals surface area contributed by atoms with Crippen molar-refractivity contribution in [2.75, 3.05) is 32.7 Å². The zero-order valence-electron chi connectivity index (χ0n) is 26.2. The molecule has 1 aromatic heterocycles. The minimum Gasteiger partial charge on any atom is -0.444 e. The summed E-state index contributed by atoms with van der Waals surface area (Å²) in [6, 6.07) is 20.0. The third kappa shape index (κ3) is 9.37. The number of carbonyl (C=O) groups is 1. The molecule has 1 saturated heterocycles. The van der Waals surface area contributed by atoms with Crippen LogP contribution in [0.5, 0.6) is 5.75 Å². The van der Waals surface area contributed by atoms with E-state index < -0.39 is 18.1 Å². The zero-order chi connectivity index (χ0) is 32.9. The van der Waals surface area contributed by atoms with Crippen LogP contribution in [-0.4, -0.2) is 70.4 Å². The van der Waals surface area contributed by atoms with E-state index in [1.54, 1.807) is 12.1 Å². The highest BCUT2D eigenvalue weighted by molar-refractivity contribution is 6.31. The molecule has 46 heavy (non-hydrogen) atoms. The second-order valence-electron chi connectivity index (χ2n) is 12.4. The Balaban J connectivity index is 1.30. The van der Waals surface area contributed by atoms with Gasteiger partial charge in [-0.25, -0.2) is 4.79 Å². The lowest BCUT2D eigenvalue weighted by Gasteiger charge is -2.35. The predicted octanol–water partition coefficient (Wildman–Crippen LogP) is 7.49. The van der Waals surface area contributed by atoms with E-state index in [4.69, 9.17) is 21.4 Å². The first-order chi connectivity index (χ1) is 21.8. The molecule has 1 aliphatic rings. The lowest BCUT2D eigenvalue weighted by atomic mass is 10.0. The Hall–Kier alpha value is -3.80. The van der Waals surface area contributed by atoms with Crippen molar-refractivity contribution in [3.8, 4) is 17.0 Å². The van der Waals surface area contributed by atoms with Crippen LogP contribution in [0.2, 0.25) is 5.02 Å². The van der Waals surface area contributed by atoms with E-state index in [0.29, 0.717) is 30.8 Å². The first-order valence-corrected chi connectivity index (χ1v) is 15.7. The number of alkyl halides is 3. The lowest BCUT2D eigenvalue weighted by molar-refractivity contribution is -0.274. The van der Waals surface area contributed by atoms with Crippen LogP contribution in [0.4, 0.5) is 18.0 Å². The van der Waals surface area contributed by atoms with Crippen LogP contribution in [0.3, 0.4) is 0 Å². The lowest BCUT2D eigenvalue weighted by Crippen LogP contribution is -2.45. The van der Waals surface area contributed by atoms with Crippen LogP contribution in [0.15, 0.2) is 66.7 Å². The number of carbonyl (C=O) groups excluding carboxylic acids is 1. The van der Waals surface area contributed by atoms with Crippen molar-refractivity contribution in [1.29, 1.82) is 0 Å². The quantitative estimate of drug-likeness (QED) is 0.178. The molecule has 8 nitrogen and oxygen atoms in total. The summed E-state index contributed by atoms with van der Waals surface area (Å²) in [6.45, 7) is 11.6. The van der Waals surface area contributed by atoms with E-state index in [9.17, 15) is 18.0 Å². The molecule has 5 rings (SSSR count). The average molecular weight is 658 g/mol. The first-order valence-electron chi connectivity index (χ1n) is 15.3. The van der Waals surface area contributed by atoms with Gasteiger partial charge in [0, 0.05) is 68.3 Å². The van der Waals surface area contributed by atoms with Crippen LogP contribution in [-0.2, 0) is 24.4 Å². The number of hydrogen-bond acceptors (Lipinski definition) is 6. The fraction of sp³-hybridized carbons (Fsp3) is 0.412. The normalized spacial score (nSPS) is 14.8. The Morgan fingerprint density at radius 2 is 1.61 bits per heavy atom. The number of nitrogens with one attached hydrogen (secondary N) is 1. The predicted molar refractivity (Wildman–Crippen MR) is 173 cm³/mol. The fourth-order valence-corrected chi connectivity index (χ4v) is 5.68. The van der Waals surface area contributed by atoms with Crippen LogP contribution >= 0.6 is 11.6 Å². The maximum atomic E-state index is 12.7. The smallest absolute Gasteiger partial charge is 0.444 e. The van der Waals surface area contributed by atoms with Gasteiger partial charge in [0.05, 0.1) is 5.52 Å². The van der Waals surface area contributed by atoms with Gasteiger partial charge in [-0.1, -0.05) is 35.9 Å². The number of benzene rings is 3. The summed E-state index contributed by atoms with van der Waals surface area (Å²) in [5, 5.41) is 9.33. The van der Waals surface area contributed by atoms with Crippen LogP contribution in [0.1, 0.15) is 38.3 Å². The van der Waals surface area contributed by atoms with Crippen molar-refractivity contribution < 1.29 is 27.4 Å². The number of halogens is 4. The highest BCUT2D eigenvalue weighted by Gasteiger charge is 2.31. The minimum atomic E-state index is -4.77. The second kappa shape index (κ2) is 14.3. The molecule has 12 heteroatoms. The van der Waals surface area contributed by atoms with E-state index in [1.807, 2.05) is 49.7 Å². The molecule has 3 aromatic carbocycles. The van der Waals surface area contributed by atoms with Crippen molar-refractivity contribution in [3.63, 3.8) is 0 Å².